The third-order valence-electron chi connectivity index (χ3n) is 4.91. The zero-order valence-electron chi connectivity index (χ0n) is 16.6. The van der Waals surface area contributed by atoms with Gasteiger partial charge in [0.2, 0.25) is 0 Å². The van der Waals surface area contributed by atoms with Crippen molar-refractivity contribution in [3.63, 3.8) is 0 Å². The Labute approximate surface area is 165 Å². The van der Waals surface area contributed by atoms with Crippen molar-refractivity contribution < 1.29 is 14.3 Å². The number of aromatic nitrogens is 2. The highest BCUT2D eigenvalue weighted by atomic mass is 16.5. The molecule has 1 fully saturated rings. The van der Waals surface area contributed by atoms with Crippen LogP contribution in [0.4, 0.5) is 5.82 Å². The lowest BCUT2D eigenvalue weighted by Gasteiger charge is -2.33. The zero-order valence-corrected chi connectivity index (χ0v) is 16.6. The number of amides is 1. The van der Waals surface area contributed by atoms with Crippen LogP contribution in [0.5, 0.6) is 11.5 Å². The maximum absolute atomic E-state index is 12.6. The molecule has 8 nitrogen and oxygen atoms in total. The van der Waals surface area contributed by atoms with Crippen LogP contribution < -0.4 is 14.8 Å². The largest absolute Gasteiger partial charge is 0.493 e. The van der Waals surface area contributed by atoms with E-state index < -0.39 is 0 Å². The fourth-order valence-corrected chi connectivity index (χ4v) is 3.15. The Balaban J connectivity index is 1.56. The summed E-state index contributed by atoms with van der Waals surface area (Å²) in [7, 11) is 3.22. The molecule has 0 radical (unpaired) electrons. The van der Waals surface area contributed by atoms with Crippen LogP contribution in [0.3, 0.4) is 0 Å². The predicted octanol–water partition coefficient (Wildman–Crippen LogP) is 1.88. The second kappa shape index (κ2) is 9.36. The molecule has 28 heavy (non-hydrogen) atoms. The Bertz CT molecular complexity index is 789. The molecule has 8 heteroatoms. The third kappa shape index (κ3) is 4.69. The molecule has 0 atom stereocenters. The van der Waals surface area contributed by atoms with E-state index in [0.717, 1.165) is 38.3 Å². The van der Waals surface area contributed by atoms with Gasteiger partial charge in [-0.2, -0.15) is 0 Å². The molecule has 1 aromatic heterocycles. The SMILES string of the molecule is CCN1CCN(C(=O)c2ccc(NCc3ccc(OC)c(OC)c3)nn2)CC1. The highest BCUT2D eigenvalue weighted by Gasteiger charge is 2.22. The van der Waals surface area contributed by atoms with Gasteiger partial charge in [-0.1, -0.05) is 13.0 Å². The number of hydrogen-bond donors (Lipinski definition) is 1. The minimum atomic E-state index is -0.0605. The van der Waals surface area contributed by atoms with Crippen molar-refractivity contribution in [1.29, 1.82) is 0 Å². The van der Waals surface area contributed by atoms with Crippen LogP contribution in [0.1, 0.15) is 23.0 Å². The first-order chi connectivity index (χ1) is 13.6. The Morgan fingerprint density at radius 2 is 1.79 bits per heavy atom. The fraction of sp³-hybridized carbons (Fsp3) is 0.450. The molecule has 0 spiro atoms. The summed E-state index contributed by atoms with van der Waals surface area (Å²) in [5.74, 6) is 1.92. The number of benzene rings is 1. The Morgan fingerprint density at radius 3 is 2.39 bits per heavy atom. The molecule has 1 saturated heterocycles. The van der Waals surface area contributed by atoms with E-state index in [1.54, 1.807) is 26.4 Å². The van der Waals surface area contributed by atoms with E-state index >= 15 is 0 Å². The van der Waals surface area contributed by atoms with E-state index in [2.05, 4.69) is 27.3 Å². The van der Waals surface area contributed by atoms with Crippen molar-refractivity contribution in [2.45, 2.75) is 13.5 Å². The minimum Gasteiger partial charge on any atom is -0.493 e. The number of methoxy groups -OCH3 is 2. The van der Waals surface area contributed by atoms with E-state index in [4.69, 9.17) is 9.47 Å². The molecule has 1 aromatic carbocycles. The highest BCUT2D eigenvalue weighted by Crippen LogP contribution is 2.27. The minimum absolute atomic E-state index is 0.0605. The third-order valence-corrected chi connectivity index (χ3v) is 4.91. The topological polar surface area (TPSA) is 79.8 Å². The summed E-state index contributed by atoms with van der Waals surface area (Å²) in [5, 5.41) is 11.5. The summed E-state index contributed by atoms with van der Waals surface area (Å²) in [6.45, 7) is 6.98. The van der Waals surface area contributed by atoms with Gasteiger partial charge < -0.3 is 24.6 Å². The molecule has 1 N–H and O–H groups in total. The number of rotatable bonds is 7. The molecule has 0 saturated carbocycles. The number of carbonyl (C=O) groups is 1. The van der Waals surface area contributed by atoms with Crippen molar-refractivity contribution in [2.24, 2.45) is 0 Å². The molecule has 0 aliphatic carbocycles. The molecule has 1 amide bonds. The molecular weight excluding hydrogens is 358 g/mol. The highest BCUT2D eigenvalue weighted by molar-refractivity contribution is 5.92. The molecule has 150 valence electrons. The van der Waals surface area contributed by atoms with Crippen molar-refractivity contribution in [3.8, 4) is 11.5 Å². The summed E-state index contributed by atoms with van der Waals surface area (Å²) in [4.78, 5) is 16.7. The lowest BCUT2D eigenvalue weighted by atomic mass is 10.2. The molecule has 1 aliphatic rings. The quantitative estimate of drug-likeness (QED) is 0.779. The first-order valence-corrected chi connectivity index (χ1v) is 9.44. The summed E-state index contributed by atoms with van der Waals surface area (Å²) in [6.07, 6.45) is 0. The number of likely N-dealkylation sites (N-methyl/N-ethyl adjacent to an activating group) is 1. The summed E-state index contributed by atoms with van der Waals surface area (Å²) >= 11 is 0. The second-order valence-electron chi connectivity index (χ2n) is 6.57. The van der Waals surface area contributed by atoms with Gasteiger partial charge in [0.05, 0.1) is 14.2 Å². The van der Waals surface area contributed by atoms with E-state index in [9.17, 15) is 4.79 Å². The van der Waals surface area contributed by atoms with Crippen LogP contribution in [0.15, 0.2) is 30.3 Å². The van der Waals surface area contributed by atoms with Crippen LogP contribution in [-0.2, 0) is 6.54 Å². The summed E-state index contributed by atoms with van der Waals surface area (Å²) < 4.78 is 10.6. The van der Waals surface area contributed by atoms with Gasteiger partial charge >= 0.3 is 0 Å². The van der Waals surface area contributed by atoms with E-state index in [1.807, 2.05) is 23.1 Å². The van der Waals surface area contributed by atoms with Crippen molar-refractivity contribution >= 4 is 11.7 Å². The average molecular weight is 385 g/mol. The van der Waals surface area contributed by atoms with Gasteiger partial charge in [0.1, 0.15) is 5.82 Å². The monoisotopic (exact) mass is 385 g/mol. The lowest BCUT2D eigenvalue weighted by Crippen LogP contribution is -2.48. The normalized spacial score (nSPS) is 14.6. The van der Waals surface area contributed by atoms with Crippen molar-refractivity contribution in [1.82, 2.24) is 20.0 Å². The van der Waals surface area contributed by atoms with Crippen LogP contribution in [0.25, 0.3) is 0 Å². The molecule has 0 unspecified atom stereocenters. The van der Waals surface area contributed by atoms with Crippen LogP contribution in [0.2, 0.25) is 0 Å². The molecule has 0 bridgehead atoms. The number of piperazine rings is 1. The van der Waals surface area contributed by atoms with Gasteiger partial charge in [0.15, 0.2) is 17.2 Å². The van der Waals surface area contributed by atoms with Gasteiger partial charge in [-0.25, -0.2) is 0 Å². The Morgan fingerprint density at radius 1 is 1.04 bits per heavy atom. The van der Waals surface area contributed by atoms with Gasteiger partial charge in [0.25, 0.3) is 5.91 Å². The molecule has 3 rings (SSSR count). The van der Waals surface area contributed by atoms with Gasteiger partial charge in [-0.3, -0.25) is 4.79 Å². The smallest absolute Gasteiger partial charge is 0.274 e. The van der Waals surface area contributed by atoms with Crippen LogP contribution in [-0.4, -0.2) is 72.8 Å². The second-order valence-corrected chi connectivity index (χ2v) is 6.57. The standard InChI is InChI=1S/C20H27N5O3/c1-4-24-9-11-25(12-10-24)20(26)16-6-8-19(23-22-16)21-14-15-5-7-17(27-2)18(13-15)28-3/h5-8,13H,4,9-12,14H2,1-3H3,(H,21,23). The first kappa shape index (κ1) is 19.9. The Kier molecular flexibility index (Phi) is 6.65. The molecule has 2 heterocycles. The first-order valence-electron chi connectivity index (χ1n) is 9.44. The van der Waals surface area contributed by atoms with E-state index in [0.29, 0.717) is 29.6 Å². The summed E-state index contributed by atoms with van der Waals surface area (Å²) in [6, 6.07) is 9.23. The van der Waals surface area contributed by atoms with Crippen molar-refractivity contribution in [3.05, 3.63) is 41.6 Å². The predicted molar refractivity (Wildman–Crippen MR) is 107 cm³/mol. The molecule has 1 aliphatic heterocycles. The fourth-order valence-electron chi connectivity index (χ4n) is 3.15. The number of anilines is 1. The van der Waals surface area contributed by atoms with Crippen molar-refractivity contribution in [2.75, 3.05) is 52.3 Å². The van der Waals surface area contributed by atoms with Crippen LogP contribution >= 0.6 is 0 Å². The number of ether oxygens (including phenoxy) is 2. The van der Waals surface area contributed by atoms with E-state index in [1.165, 1.54) is 0 Å². The summed E-state index contributed by atoms with van der Waals surface area (Å²) in [5.41, 5.74) is 1.40. The number of nitrogens with zero attached hydrogens (tertiary/aromatic N) is 4. The zero-order chi connectivity index (χ0) is 19.9. The van der Waals surface area contributed by atoms with E-state index in [-0.39, 0.29) is 5.91 Å². The number of nitrogens with one attached hydrogen (secondary N) is 1. The Hall–Kier alpha value is -2.87. The molecule has 2 aromatic rings. The molecular formula is C20H27N5O3. The lowest BCUT2D eigenvalue weighted by molar-refractivity contribution is 0.0636. The van der Waals surface area contributed by atoms with Gasteiger partial charge in [-0.15, -0.1) is 10.2 Å². The maximum atomic E-state index is 12.6. The maximum Gasteiger partial charge on any atom is 0.274 e. The number of carbonyl (C=O) groups excluding carboxylic acids is 1. The number of hydrogen-bond acceptors (Lipinski definition) is 7. The van der Waals surface area contributed by atoms with Crippen LogP contribution in [0, 0.1) is 0 Å². The average Bonchev–Trinajstić information content (AvgIpc) is 2.77. The van der Waals surface area contributed by atoms with Gasteiger partial charge in [0, 0.05) is 32.7 Å². The van der Waals surface area contributed by atoms with Gasteiger partial charge in [-0.05, 0) is 36.4 Å².